The predicted octanol–water partition coefficient (Wildman–Crippen LogP) is 5.97. The van der Waals surface area contributed by atoms with E-state index in [1.165, 1.54) is 77.2 Å². The molecule has 7 heteroatoms. The van der Waals surface area contributed by atoms with Crippen LogP contribution in [0.3, 0.4) is 0 Å². The summed E-state index contributed by atoms with van der Waals surface area (Å²) < 4.78 is 33.0. The molecule has 0 aromatic rings. The van der Waals surface area contributed by atoms with E-state index in [9.17, 15) is 8.42 Å². The third kappa shape index (κ3) is 21.7. The first-order valence-corrected chi connectivity index (χ1v) is 13.0. The van der Waals surface area contributed by atoms with Gasteiger partial charge in [-0.15, -0.1) is 0 Å². The van der Waals surface area contributed by atoms with E-state index >= 15 is 0 Å². The Kier molecular flexibility index (Phi) is 18.7. The standard InChI is InChI=1S/C12H26O4S.C10H20N2/c1-2-3-4-5-6-7-8-9-10-11-12-16-17(13,14)15;1-3-4-5-6-7-12-9-8-11(2)10-12/h2-12H2,1H3,(H,13,14,15);8-9H,3-7,10H2,1-2H3. The summed E-state index contributed by atoms with van der Waals surface area (Å²) in [4.78, 5) is 4.58. The van der Waals surface area contributed by atoms with Crippen molar-refractivity contribution in [2.75, 3.05) is 26.9 Å². The summed E-state index contributed by atoms with van der Waals surface area (Å²) in [7, 11) is -2.12. The molecule has 0 amide bonds. The quantitative estimate of drug-likeness (QED) is 0.225. The van der Waals surface area contributed by atoms with E-state index in [2.05, 4.69) is 47.3 Å². The van der Waals surface area contributed by atoms with Crippen molar-refractivity contribution in [3.05, 3.63) is 12.4 Å². The molecule has 1 heterocycles. The van der Waals surface area contributed by atoms with Crippen molar-refractivity contribution in [2.24, 2.45) is 0 Å². The minimum Gasteiger partial charge on any atom is -0.362 e. The van der Waals surface area contributed by atoms with Crippen molar-refractivity contribution >= 4 is 10.4 Å². The van der Waals surface area contributed by atoms with Crippen LogP contribution >= 0.6 is 0 Å². The summed E-state index contributed by atoms with van der Waals surface area (Å²) >= 11 is 0. The summed E-state index contributed by atoms with van der Waals surface area (Å²) in [5, 5.41) is 0. The lowest BCUT2D eigenvalue weighted by atomic mass is 10.1. The van der Waals surface area contributed by atoms with Crippen LogP contribution in [0.2, 0.25) is 0 Å². The number of unbranched alkanes of at least 4 members (excludes halogenated alkanes) is 12. The zero-order chi connectivity index (χ0) is 21.8. The molecule has 0 radical (unpaired) electrons. The van der Waals surface area contributed by atoms with Crippen LogP contribution in [0.4, 0.5) is 0 Å². The molecule has 0 aromatic heterocycles. The van der Waals surface area contributed by atoms with Gasteiger partial charge in [0.1, 0.15) is 0 Å². The number of rotatable bonds is 17. The van der Waals surface area contributed by atoms with Crippen LogP contribution in [0.25, 0.3) is 0 Å². The molecule has 6 nitrogen and oxygen atoms in total. The molecular weight excluding hydrogens is 388 g/mol. The molecule has 0 unspecified atom stereocenters. The highest BCUT2D eigenvalue weighted by molar-refractivity contribution is 7.80. The van der Waals surface area contributed by atoms with Crippen molar-refractivity contribution in [3.8, 4) is 0 Å². The zero-order valence-corrected chi connectivity index (χ0v) is 20.0. The molecule has 0 atom stereocenters. The van der Waals surface area contributed by atoms with Crippen molar-refractivity contribution in [1.82, 2.24) is 9.80 Å². The SMILES string of the molecule is CCCCCCCCCCCCOS(=O)(=O)O.CCCCCCN1C=CN(C)C1. The van der Waals surface area contributed by atoms with Gasteiger partial charge in [0.15, 0.2) is 0 Å². The van der Waals surface area contributed by atoms with Gasteiger partial charge in [-0.3, -0.25) is 4.55 Å². The minimum absolute atomic E-state index is 0.0926. The Labute approximate surface area is 180 Å². The van der Waals surface area contributed by atoms with Gasteiger partial charge in [0.25, 0.3) is 0 Å². The molecule has 0 fully saturated rings. The Morgan fingerprint density at radius 3 is 1.72 bits per heavy atom. The van der Waals surface area contributed by atoms with Crippen LogP contribution in [0.5, 0.6) is 0 Å². The van der Waals surface area contributed by atoms with Crippen LogP contribution in [-0.4, -0.2) is 49.6 Å². The van der Waals surface area contributed by atoms with Crippen LogP contribution in [0.15, 0.2) is 12.4 Å². The molecule has 174 valence electrons. The summed E-state index contributed by atoms with van der Waals surface area (Å²) in [6.07, 6.45) is 21.6. The maximum atomic E-state index is 10.2. The first kappa shape index (κ1) is 28.2. The van der Waals surface area contributed by atoms with Crippen molar-refractivity contribution < 1.29 is 17.2 Å². The summed E-state index contributed by atoms with van der Waals surface area (Å²) in [6.45, 7) is 6.86. The second-order valence-corrected chi connectivity index (χ2v) is 9.09. The van der Waals surface area contributed by atoms with Gasteiger partial charge in [-0.1, -0.05) is 90.9 Å². The molecule has 0 aromatic carbocycles. The lowest BCUT2D eigenvalue weighted by Crippen LogP contribution is -2.23. The van der Waals surface area contributed by atoms with Crippen molar-refractivity contribution in [3.63, 3.8) is 0 Å². The van der Waals surface area contributed by atoms with Crippen LogP contribution in [0.1, 0.15) is 104 Å². The van der Waals surface area contributed by atoms with Crippen LogP contribution in [0, 0.1) is 0 Å². The summed E-state index contributed by atoms with van der Waals surface area (Å²) in [5.74, 6) is 0. The minimum atomic E-state index is -4.23. The van der Waals surface area contributed by atoms with Gasteiger partial charge in [-0.2, -0.15) is 8.42 Å². The Bertz CT molecular complexity index is 483. The van der Waals surface area contributed by atoms with E-state index in [1.807, 2.05) is 0 Å². The van der Waals surface area contributed by atoms with E-state index in [1.54, 1.807) is 0 Å². The first-order valence-electron chi connectivity index (χ1n) is 11.6. The molecular formula is C22H46N2O4S. The molecule has 0 saturated heterocycles. The molecule has 1 aliphatic rings. The third-order valence-electron chi connectivity index (χ3n) is 4.97. The van der Waals surface area contributed by atoms with E-state index in [0.717, 1.165) is 19.5 Å². The molecule has 1 N–H and O–H groups in total. The predicted molar refractivity (Wildman–Crippen MR) is 122 cm³/mol. The molecule has 1 rings (SSSR count). The maximum Gasteiger partial charge on any atom is 0.397 e. The topological polar surface area (TPSA) is 70.1 Å². The van der Waals surface area contributed by atoms with Crippen molar-refractivity contribution in [1.29, 1.82) is 0 Å². The van der Waals surface area contributed by atoms with E-state index < -0.39 is 10.4 Å². The van der Waals surface area contributed by atoms with Gasteiger partial charge >= 0.3 is 10.4 Å². The largest absolute Gasteiger partial charge is 0.397 e. The van der Waals surface area contributed by atoms with Gasteiger partial charge in [0.05, 0.1) is 13.3 Å². The Hall–Kier alpha value is -0.790. The molecule has 0 aliphatic carbocycles. The van der Waals surface area contributed by atoms with Gasteiger partial charge < -0.3 is 9.80 Å². The normalized spacial score (nSPS) is 13.7. The highest BCUT2D eigenvalue weighted by atomic mass is 32.3. The average Bonchev–Trinajstić information content (AvgIpc) is 3.08. The lowest BCUT2D eigenvalue weighted by molar-refractivity contribution is 0.261. The highest BCUT2D eigenvalue weighted by Gasteiger charge is 2.06. The Balaban J connectivity index is 0.000000571. The second-order valence-electron chi connectivity index (χ2n) is 8.00. The Morgan fingerprint density at radius 1 is 0.793 bits per heavy atom. The smallest absolute Gasteiger partial charge is 0.362 e. The van der Waals surface area contributed by atoms with Crippen LogP contribution in [-0.2, 0) is 14.6 Å². The molecule has 0 spiro atoms. The zero-order valence-electron chi connectivity index (χ0n) is 19.2. The average molecular weight is 435 g/mol. The number of hydrogen-bond donors (Lipinski definition) is 1. The molecule has 0 saturated carbocycles. The lowest BCUT2D eigenvalue weighted by Gasteiger charge is -2.17. The molecule has 1 aliphatic heterocycles. The summed E-state index contributed by atoms with van der Waals surface area (Å²) in [6, 6.07) is 0. The van der Waals surface area contributed by atoms with Gasteiger partial charge in [0, 0.05) is 26.0 Å². The van der Waals surface area contributed by atoms with Gasteiger partial charge in [-0.25, -0.2) is 4.18 Å². The number of hydrogen-bond acceptors (Lipinski definition) is 5. The first-order chi connectivity index (χ1) is 13.9. The van der Waals surface area contributed by atoms with Gasteiger partial charge in [0.2, 0.25) is 0 Å². The monoisotopic (exact) mass is 434 g/mol. The molecule has 0 bridgehead atoms. The fourth-order valence-electron chi connectivity index (χ4n) is 3.23. The Morgan fingerprint density at radius 2 is 1.28 bits per heavy atom. The fourth-order valence-corrected chi connectivity index (χ4v) is 3.56. The van der Waals surface area contributed by atoms with Crippen LogP contribution < -0.4 is 0 Å². The summed E-state index contributed by atoms with van der Waals surface area (Å²) in [5.41, 5.74) is 0. The highest BCUT2D eigenvalue weighted by Crippen LogP contribution is 2.10. The van der Waals surface area contributed by atoms with E-state index in [-0.39, 0.29) is 6.61 Å². The molecule has 29 heavy (non-hydrogen) atoms. The van der Waals surface area contributed by atoms with Gasteiger partial charge in [-0.05, 0) is 12.8 Å². The van der Waals surface area contributed by atoms with Crippen molar-refractivity contribution in [2.45, 2.75) is 104 Å². The third-order valence-corrected chi connectivity index (χ3v) is 5.43. The number of nitrogens with zero attached hydrogens (tertiary/aromatic N) is 2. The maximum absolute atomic E-state index is 10.2. The van der Waals surface area contributed by atoms with E-state index in [4.69, 9.17) is 4.55 Å². The second kappa shape index (κ2) is 19.2. The fraction of sp³-hybridized carbons (Fsp3) is 0.909. The van der Waals surface area contributed by atoms with E-state index in [0.29, 0.717) is 6.42 Å².